The molecule has 47 heavy (non-hydrogen) atoms. The Morgan fingerprint density at radius 3 is 2.21 bits per heavy atom. The summed E-state index contributed by atoms with van der Waals surface area (Å²) in [6, 6.07) is 26.8. The Labute approximate surface area is 277 Å². The highest BCUT2D eigenvalue weighted by molar-refractivity contribution is 5.91. The third-order valence-corrected chi connectivity index (χ3v) is 9.29. The predicted molar refractivity (Wildman–Crippen MR) is 181 cm³/mol. The molecule has 1 amide bonds. The number of nitrogens with one attached hydrogen (secondary N) is 1. The van der Waals surface area contributed by atoms with Crippen LogP contribution in [0.2, 0.25) is 0 Å². The molecule has 1 saturated heterocycles. The maximum atomic E-state index is 14.7. The number of allylic oxidation sites excluding steroid dienone is 3. The number of piperidine rings is 1. The maximum Gasteiger partial charge on any atom is 0.329 e. The van der Waals surface area contributed by atoms with Gasteiger partial charge < -0.3 is 14.4 Å². The van der Waals surface area contributed by atoms with E-state index in [0.29, 0.717) is 19.3 Å². The molecule has 5 atom stereocenters. The molecule has 1 fully saturated rings. The van der Waals surface area contributed by atoms with Crippen LogP contribution in [0.1, 0.15) is 55.4 Å². The quantitative estimate of drug-likeness (QED) is 0.251. The van der Waals surface area contributed by atoms with Crippen molar-refractivity contribution in [2.75, 3.05) is 6.61 Å². The monoisotopic (exact) mass is 630 g/mol. The van der Waals surface area contributed by atoms with Crippen molar-refractivity contribution in [3.05, 3.63) is 144 Å². The number of carbonyl (C=O) groups excluding carboxylic acids is 3. The number of hydrogen-bond donors (Lipinski definition) is 1. The molecule has 7 nitrogen and oxygen atoms in total. The van der Waals surface area contributed by atoms with Gasteiger partial charge in [-0.25, -0.2) is 4.79 Å². The van der Waals surface area contributed by atoms with Gasteiger partial charge in [-0.05, 0) is 61.3 Å². The number of rotatable bonds is 11. The van der Waals surface area contributed by atoms with Gasteiger partial charge in [-0.15, -0.1) is 0 Å². The van der Waals surface area contributed by atoms with Crippen LogP contribution in [0.3, 0.4) is 0 Å². The van der Waals surface area contributed by atoms with E-state index in [1.807, 2.05) is 115 Å². The van der Waals surface area contributed by atoms with E-state index in [0.717, 1.165) is 35.1 Å². The summed E-state index contributed by atoms with van der Waals surface area (Å²) >= 11 is 0. The molecule has 0 radical (unpaired) electrons. The second-order valence-electron chi connectivity index (χ2n) is 12.3. The molecule has 0 saturated carbocycles. The summed E-state index contributed by atoms with van der Waals surface area (Å²) in [4.78, 5) is 43.9. The van der Waals surface area contributed by atoms with Crippen molar-refractivity contribution in [1.29, 1.82) is 0 Å². The van der Waals surface area contributed by atoms with E-state index in [1.165, 1.54) is 0 Å². The summed E-state index contributed by atoms with van der Waals surface area (Å²) in [6.07, 6.45) is 12.6. The first-order valence-corrected chi connectivity index (χ1v) is 16.7. The summed E-state index contributed by atoms with van der Waals surface area (Å²) in [7, 11) is 0. The standard InChI is InChI=1S/C40H42N2O5/c1-2-46-39(44)33(26-25-28-15-6-3-7-16-28)41-34-27-31-21-12-13-22-32(31)35-23-14-24-36(42(35)38(34)43)40(45)47-37(29-17-8-4-9-18-29)30-19-10-5-11-20-30/h3-13,15-22,27,32-37,41H,2,14,23-26H2,1H3/t32?,33?,34-,35+,36-/m1/s1. The van der Waals surface area contributed by atoms with Crippen molar-refractivity contribution < 1.29 is 23.9 Å². The van der Waals surface area contributed by atoms with Crippen LogP contribution in [-0.2, 0) is 30.3 Å². The second-order valence-corrected chi connectivity index (χ2v) is 12.3. The van der Waals surface area contributed by atoms with Gasteiger partial charge in [0.15, 0.2) is 6.10 Å². The van der Waals surface area contributed by atoms with Crippen molar-refractivity contribution in [1.82, 2.24) is 10.2 Å². The van der Waals surface area contributed by atoms with E-state index in [1.54, 1.807) is 11.8 Å². The molecular formula is C40H42N2O5. The van der Waals surface area contributed by atoms with Crippen LogP contribution in [0.4, 0.5) is 0 Å². The average Bonchev–Trinajstić information content (AvgIpc) is 3.24. The zero-order chi connectivity index (χ0) is 32.6. The van der Waals surface area contributed by atoms with Crippen molar-refractivity contribution >= 4 is 17.8 Å². The Bertz CT molecular complexity index is 1580. The molecule has 0 spiro atoms. The predicted octanol–water partition coefficient (Wildman–Crippen LogP) is 6.27. The van der Waals surface area contributed by atoms with Crippen LogP contribution in [0.5, 0.6) is 0 Å². The lowest BCUT2D eigenvalue weighted by Gasteiger charge is -2.44. The Balaban J connectivity index is 1.30. The van der Waals surface area contributed by atoms with E-state index in [2.05, 4.69) is 11.4 Å². The minimum Gasteiger partial charge on any atom is -0.465 e. The summed E-state index contributed by atoms with van der Waals surface area (Å²) in [5.41, 5.74) is 3.82. The van der Waals surface area contributed by atoms with Crippen LogP contribution in [-0.4, -0.2) is 53.5 Å². The van der Waals surface area contributed by atoms with E-state index in [9.17, 15) is 14.4 Å². The summed E-state index contributed by atoms with van der Waals surface area (Å²) in [6.45, 7) is 2.02. The molecule has 3 aromatic carbocycles. The fraction of sp³-hybridized carbons (Fsp3) is 0.325. The lowest BCUT2D eigenvalue weighted by molar-refractivity contribution is -0.163. The van der Waals surface area contributed by atoms with Crippen molar-refractivity contribution in [2.45, 2.75) is 69.3 Å². The van der Waals surface area contributed by atoms with Gasteiger partial charge in [-0.3, -0.25) is 14.9 Å². The number of benzene rings is 3. The van der Waals surface area contributed by atoms with E-state index in [4.69, 9.17) is 9.47 Å². The minimum absolute atomic E-state index is 0.0734. The Morgan fingerprint density at radius 1 is 0.894 bits per heavy atom. The van der Waals surface area contributed by atoms with Crippen molar-refractivity contribution in [2.24, 2.45) is 5.92 Å². The molecule has 242 valence electrons. The maximum absolute atomic E-state index is 14.7. The van der Waals surface area contributed by atoms with E-state index < -0.39 is 36.2 Å². The highest BCUT2D eigenvalue weighted by Gasteiger charge is 2.47. The fourth-order valence-corrected chi connectivity index (χ4v) is 7.03. The zero-order valence-corrected chi connectivity index (χ0v) is 26.7. The molecule has 1 aliphatic carbocycles. The number of aryl methyl sites for hydroxylation is 1. The molecule has 7 heteroatoms. The van der Waals surface area contributed by atoms with Gasteiger partial charge in [0.1, 0.15) is 18.1 Å². The van der Waals surface area contributed by atoms with E-state index in [-0.39, 0.29) is 24.5 Å². The summed E-state index contributed by atoms with van der Waals surface area (Å²) < 4.78 is 11.8. The lowest BCUT2D eigenvalue weighted by atomic mass is 9.81. The van der Waals surface area contributed by atoms with Crippen LogP contribution in [0, 0.1) is 5.92 Å². The second kappa shape index (κ2) is 15.2. The number of fused-ring (bicyclic) bond motifs is 3. The molecule has 3 aliphatic rings. The van der Waals surface area contributed by atoms with E-state index >= 15 is 0 Å². The molecule has 1 N–H and O–H groups in total. The zero-order valence-electron chi connectivity index (χ0n) is 26.7. The lowest BCUT2D eigenvalue weighted by Crippen LogP contribution is -2.60. The Kier molecular flexibility index (Phi) is 10.4. The highest BCUT2D eigenvalue weighted by Crippen LogP contribution is 2.38. The molecule has 2 unspecified atom stereocenters. The van der Waals surface area contributed by atoms with Crippen LogP contribution < -0.4 is 5.32 Å². The largest absolute Gasteiger partial charge is 0.465 e. The first-order valence-electron chi connectivity index (χ1n) is 16.7. The smallest absolute Gasteiger partial charge is 0.329 e. The number of ether oxygens (including phenoxy) is 2. The normalized spacial score (nSPS) is 22.5. The van der Waals surface area contributed by atoms with Gasteiger partial charge in [-0.2, -0.15) is 0 Å². The van der Waals surface area contributed by atoms with Crippen molar-refractivity contribution in [3.63, 3.8) is 0 Å². The van der Waals surface area contributed by atoms with Crippen LogP contribution >= 0.6 is 0 Å². The van der Waals surface area contributed by atoms with Gasteiger partial charge in [-0.1, -0.05) is 121 Å². The minimum atomic E-state index is -0.828. The van der Waals surface area contributed by atoms with Gasteiger partial charge in [0.25, 0.3) is 0 Å². The number of esters is 2. The first kappa shape index (κ1) is 32.2. The third-order valence-electron chi connectivity index (χ3n) is 9.29. The van der Waals surface area contributed by atoms with Gasteiger partial charge in [0, 0.05) is 12.0 Å². The topological polar surface area (TPSA) is 84.9 Å². The Morgan fingerprint density at radius 2 is 1.55 bits per heavy atom. The number of amides is 1. The SMILES string of the molecule is CCOC(=O)C(CCc1ccccc1)N[C@@H]1C=C2C=CC=CC2[C@@H]2CCC[C@H](C(=O)OC(c3ccccc3)c3ccccc3)N2C1=O. The number of hydrogen-bond acceptors (Lipinski definition) is 6. The van der Waals surface area contributed by atoms with Gasteiger partial charge in [0.05, 0.1) is 6.61 Å². The first-order chi connectivity index (χ1) is 23.0. The molecule has 0 aromatic heterocycles. The molecule has 2 heterocycles. The molecular weight excluding hydrogens is 588 g/mol. The number of nitrogens with zero attached hydrogens (tertiary/aromatic N) is 1. The average molecular weight is 631 g/mol. The van der Waals surface area contributed by atoms with Gasteiger partial charge >= 0.3 is 11.9 Å². The third kappa shape index (κ3) is 7.47. The molecule has 6 rings (SSSR count). The van der Waals surface area contributed by atoms with Crippen LogP contribution in [0.25, 0.3) is 0 Å². The van der Waals surface area contributed by atoms with Gasteiger partial charge in [0.2, 0.25) is 5.91 Å². The number of carbonyl (C=O) groups is 3. The summed E-state index contributed by atoms with van der Waals surface area (Å²) in [5.74, 6) is -1.13. The summed E-state index contributed by atoms with van der Waals surface area (Å²) in [5, 5.41) is 3.37. The molecule has 3 aromatic rings. The molecule has 0 bridgehead atoms. The van der Waals surface area contributed by atoms with Crippen LogP contribution in [0.15, 0.2) is 127 Å². The highest BCUT2D eigenvalue weighted by atomic mass is 16.5. The van der Waals surface area contributed by atoms with Crippen molar-refractivity contribution in [3.8, 4) is 0 Å². The Hall–Kier alpha value is -4.75. The molecule has 2 aliphatic heterocycles. The fourth-order valence-electron chi connectivity index (χ4n) is 7.03.